The van der Waals surface area contributed by atoms with E-state index in [-0.39, 0.29) is 30.4 Å². The van der Waals surface area contributed by atoms with Gasteiger partial charge in [0.15, 0.2) is 0 Å². The van der Waals surface area contributed by atoms with Crippen LogP contribution in [0.4, 0.5) is 4.39 Å². The number of halogens is 2. The first kappa shape index (κ1) is 19.3. The molecule has 7 heteroatoms. The van der Waals surface area contributed by atoms with Crippen molar-refractivity contribution in [3.05, 3.63) is 62.7 Å². The highest BCUT2D eigenvalue weighted by molar-refractivity contribution is 9.10. The summed E-state index contributed by atoms with van der Waals surface area (Å²) in [6, 6.07) is 8.71. The summed E-state index contributed by atoms with van der Waals surface area (Å²) in [5.74, 6) is -0.758. The molecule has 0 amide bonds. The third-order valence-electron chi connectivity index (χ3n) is 3.20. The molecular weight excluding hydrogens is 391 g/mol. The molecule has 1 heterocycles. The van der Waals surface area contributed by atoms with Crippen LogP contribution >= 0.6 is 15.9 Å². The van der Waals surface area contributed by atoms with Crippen LogP contribution in [0.15, 0.2) is 45.7 Å². The number of carbonyl (C=O) groups is 1. The second-order valence-electron chi connectivity index (χ2n) is 6.47. The highest BCUT2D eigenvalue weighted by atomic mass is 79.9. The number of hydrogen-bond acceptors (Lipinski definition) is 4. The Labute approximate surface area is 153 Å². The maximum absolute atomic E-state index is 13.1. The number of hydrogen-bond donors (Lipinski definition) is 1. The van der Waals surface area contributed by atoms with Gasteiger partial charge >= 0.3 is 5.97 Å². The van der Waals surface area contributed by atoms with E-state index < -0.39 is 5.60 Å². The van der Waals surface area contributed by atoms with E-state index in [1.807, 2.05) is 0 Å². The average Bonchev–Trinajstić information content (AvgIpc) is 2.50. The number of nitrogens with one attached hydrogen (secondary N) is 1. The molecule has 1 N–H and O–H groups in total. The molecule has 5 nitrogen and oxygen atoms in total. The van der Waals surface area contributed by atoms with Crippen molar-refractivity contribution in [2.75, 3.05) is 6.54 Å². The SMILES string of the molecule is CC(C)(C)OC(=O)CNCc1c(Br)ccc(=O)n1-c1ccc(F)cc1. The quantitative estimate of drug-likeness (QED) is 0.768. The zero-order valence-corrected chi connectivity index (χ0v) is 15.9. The molecule has 0 unspecified atom stereocenters. The van der Waals surface area contributed by atoms with E-state index in [2.05, 4.69) is 21.2 Å². The van der Waals surface area contributed by atoms with Crippen LogP contribution in [0, 0.1) is 5.82 Å². The summed E-state index contributed by atoms with van der Waals surface area (Å²) >= 11 is 3.42. The molecule has 0 radical (unpaired) electrons. The van der Waals surface area contributed by atoms with Gasteiger partial charge in [0.25, 0.3) is 5.56 Å². The lowest BCUT2D eigenvalue weighted by Crippen LogP contribution is -2.32. The zero-order chi connectivity index (χ0) is 18.6. The van der Waals surface area contributed by atoms with Crippen molar-refractivity contribution in [1.29, 1.82) is 0 Å². The third-order valence-corrected chi connectivity index (χ3v) is 3.93. The number of aromatic nitrogens is 1. The van der Waals surface area contributed by atoms with E-state index in [9.17, 15) is 14.0 Å². The van der Waals surface area contributed by atoms with Gasteiger partial charge in [-0.1, -0.05) is 0 Å². The summed E-state index contributed by atoms with van der Waals surface area (Å²) in [6.45, 7) is 5.66. The van der Waals surface area contributed by atoms with Crippen LogP contribution in [0.25, 0.3) is 5.69 Å². The Morgan fingerprint density at radius 3 is 2.44 bits per heavy atom. The van der Waals surface area contributed by atoms with Gasteiger partial charge in [0.05, 0.1) is 12.2 Å². The Morgan fingerprint density at radius 1 is 1.20 bits per heavy atom. The standard InChI is InChI=1S/C18H20BrFN2O3/c1-18(2,3)25-17(24)11-21-10-15-14(19)8-9-16(23)22(15)13-6-4-12(20)5-7-13/h4-9,21H,10-11H2,1-3H3. The maximum Gasteiger partial charge on any atom is 0.320 e. The molecule has 0 atom stereocenters. The van der Waals surface area contributed by atoms with E-state index >= 15 is 0 Å². The number of ether oxygens (including phenoxy) is 1. The Morgan fingerprint density at radius 2 is 1.84 bits per heavy atom. The lowest BCUT2D eigenvalue weighted by Gasteiger charge is -2.20. The first-order valence-electron chi connectivity index (χ1n) is 7.76. The number of benzene rings is 1. The molecule has 0 spiro atoms. The molecule has 0 saturated carbocycles. The summed E-state index contributed by atoms with van der Waals surface area (Å²) in [5.41, 5.74) is 0.371. The van der Waals surface area contributed by atoms with Crippen LogP contribution in [0.3, 0.4) is 0 Å². The van der Waals surface area contributed by atoms with E-state index in [0.717, 1.165) is 0 Å². The Hall–Kier alpha value is -1.99. The highest BCUT2D eigenvalue weighted by Crippen LogP contribution is 2.18. The lowest BCUT2D eigenvalue weighted by atomic mass is 10.2. The Kier molecular flexibility index (Phi) is 6.13. The minimum atomic E-state index is -0.553. The Balaban J connectivity index is 2.20. The number of rotatable bonds is 5. The summed E-state index contributed by atoms with van der Waals surface area (Å²) < 4.78 is 20.5. The zero-order valence-electron chi connectivity index (χ0n) is 14.3. The van der Waals surface area contributed by atoms with Gasteiger partial charge in [-0.2, -0.15) is 0 Å². The molecule has 0 bridgehead atoms. The number of esters is 1. The van der Waals surface area contributed by atoms with Gasteiger partial charge in [-0.25, -0.2) is 4.39 Å². The Bertz CT molecular complexity index is 811. The first-order valence-corrected chi connectivity index (χ1v) is 8.55. The predicted molar refractivity (Wildman–Crippen MR) is 97.2 cm³/mol. The summed E-state index contributed by atoms with van der Waals surface area (Å²) in [4.78, 5) is 24.1. The van der Waals surface area contributed by atoms with Gasteiger partial charge in [0.1, 0.15) is 11.4 Å². The van der Waals surface area contributed by atoms with Crippen LogP contribution in [0.1, 0.15) is 26.5 Å². The molecule has 0 aliphatic rings. The highest BCUT2D eigenvalue weighted by Gasteiger charge is 2.16. The monoisotopic (exact) mass is 410 g/mol. The van der Waals surface area contributed by atoms with Gasteiger partial charge in [0, 0.05) is 22.8 Å². The summed E-state index contributed by atoms with van der Waals surface area (Å²) in [6.07, 6.45) is 0. The molecular formula is C18H20BrFN2O3. The van der Waals surface area contributed by atoms with Gasteiger partial charge < -0.3 is 10.1 Å². The number of carbonyl (C=O) groups excluding carboxylic acids is 1. The van der Waals surface area contributed by atoms with Crippen molar-refractivity contribution in [2.24, 2.45) is 0 Å². The van der Waals surface area contributed by atoms with E-state index in [1.165, 1.54) is 34.9 Å². The molecule has 0 aliphatic heterocycles. The molecule has 1 aromatic heterocycles. The molecule has 2 rings (SSSR count). The third kappa shape index (κ3) is 5.51. The molecule has 2 aromatic rings. The fourth-order valence-corrected chi connectivity index (χ4v) is 2.70. The summed E-state index contributed by atoms with van der Waals surface area (Å²) in [5, 5.41) is 2.98. The molecule has 0 aliphatic carbocycles. The topological polar surface area (TPSA) is 60.3 Å². The second-order valence-corrected chi connectivity index (χ2v) is 7.32. The van der Waals surface area contributed by atoms with Crippen LogP contribution in [0.5, 0.6) is 0 Å². The largest absolute Gasteiger partial charge is 0.459 e. The predicted octanol–water partition coefficient (Wildman–Crippen LogP) is 3.17. The molecule has 0 fully saturated rings. The van der Waals surface area contributed by atoms with E-state index in [1.54, 1.807) is 26.8 Å². The van der Waals surface area contributed by atoms with Crippen molar-refractivity contribution < 1.29 is 13.9 Å². The van der Waals surface area contributed by atoms with Crippen LogP contribution in [-0.4, -0.2) is 22.7 Å². The summed E-state index contributed by atoms with van der Waals surface area (Å²) in [7, 11) is 0. The van der Waals surface area contributed by atoms with Gasteiger partial charge in [-0.15, -0.1) is 0 Å². The van der Waals surface area contributed by atoms with E-state index in [4.69, 9.17) is 4.74 Å². The maximum atomic E-state index is 13.1. The van der Waals surface area contributed by atoms with Crippen LogP contribution in [0.2, 0.25) is 0 Å². The smallest absolute Gasteiger partial charge is 0.320 e. The molecule has 25 heavy (non-hydrogen) atoms. The molecule has 134 valence electrons. The minimum absolute atomic E-state index is 0.0101. The fraction of sp³-hybridized carbons (Fsp3) is 0.333. The van der Waals surface area contributed by atoms with Crippen molar-refractivity contribution in [1.82, 2.24) is 9.88 Å². The van der Waals surface area contributed by atoms with Crippen molar-refractivity contribution in [2.45, 2.75) is 32.9 Å². The minimum Gasteiger partial charge on any atom is -0.459 e. The van der Waals surface area contributed by atoms with Gasteiger partial charge in [0.2, 0.25) is 0 Å². The number of pyridine rings is 1. The fourth-order valence-electron chi connectivity index (χ4n) is 2.25. The second kappa shape index (κ2) is 7.93. The van der Waals surface area contributed by atoms with Crippen LogP contribution < -0.4 is 10.9 Å². The molecule has 1 aromatic carbocycles. The lowest BCUT2D eigenvalue weighted by molar-refractivity contribution is -0.153. The van der Waals surface area contributed by atoms with E-state index in [0.29, 0.717) is 15.9 Å². The van der Waals surface area contributed by atoms with Crippen molar-refractivity contribution in [3.63, 3.8) is 0 Å². The van der Waals surface area contributed by atoms with Gasteiger partial charge in [-0.3, -0.25) is 14.2 Å². The van der Waals surface area contributed by atoms with Crippen molar-refractivity contribution in [3.8, 4) is 5.69 Å². The normalized spacial score (nSPS) is 11.4. The van der Waals surface area contributed by atoms with Crippen molar-refractivity contribution >= 4 is 21.9 Å². The number of nitrogens with zero attached hydrogens (tertiary/aromatic N) is 1. The average molecular weight is 411 g/mol. The van der Waals surface area contributed by atoms with Crippen LogP contribution in [-0.2, 0) is 16.1 Å². The first-order chi connectivity index (χ1) is 11.7. The van der Waals surface area contributed by atoms with Gasteiger partial charge in [-0.05, 0) is 67.0 Å². The molecule has 0 saturated heterocycles.